The summed E-state index contributed by atoms with van der Waals surface area (Å²) in [7, 11) is 1.58. The van der Waals surface area contributed by atoms with Gasteiger partial charge in [-0.05, 0) is 76.8 Å². The van der Waals surface area contributed by atoms with Crippen molar-refractivity contribution >= 4 is 23.6 Å². The molecule has 3 amide bonds. The van der Waals surface area contributed by atoms with Gasteiger partial charge in [0.05, 0.1) is 7.11 Å². The molecule has 0 spiro atoms. The van der Waals surface area contributed by atoms with Crippen molar-refractivity contribution in [3.63, 3.8) is 0 Å². The van der Waals surface area contributed by atoms with Gasteiger partial charge in [-0.1, -0.05) is 50.1 Å². The minimum atomic E-state index is -0.912. The van der Waals surface area contributed by atoms with Crippen LogP contribution in [0.3, 0.4) is 0 Å². The Hall–Kier alpha value is -3.55. The number of methoxy groups -OCH3 is 1. The average molecular weight is 526 g/mol. The Morgan fingerprint density at radius 3 is 2.03 bits per heavy atom. The van der Waals surface area contributed by atoms with Gasteiger partial charge in [-0.15, -0.1) is 0 Å². The van der Waals surface area contributed by atoms with E-state index in [1.165, 1.54) is 0 Å². The third kappa shape index (κ3) is 8.78. The molecule has 2 atom stereocenters. The second kappa shape index (κ2) is 13.3. The molecular formula is C30H43N3O5. The van der Waals surface area contributed by atoms with E-state index in [4.69, 9.17) is 9.47 Å². The number of rotatable bonds is 10. The normalized spacial score (nSPS) is 12.9. The van der Waals surface area contributed by atoms with E-state index in [-0.39, 0.29) is 17.7 Å². The zero-order valence-corrected chi connectivity index (χ0v) is 24.2. The highest BCUT2D eigenvalue weighted by atomic mass is 16.6. The summed E-state index contributed by atoms with van der Waals surface area (Å²) in [5.74, 6) is -0.257. The Labute approximate surface area is 227 Å². The van der Waals surface area contributed by atoms with Gasteiger partial charge in [0.2, 0.25) is 5.91 Å². The molecule has 0 heterocycles. The Balaban J connectivity index is 2.51. The maximum atomic E-state index is 14.1. The summed E-state index contributed by atoms with van der Waals surface area (Å²) in [6, 6.07) is 11.1. The maximum Gasteiger partial charge on any atom is 0.408 e. The molecule has 0 saturated heterocycles. The van der Waals surface area contributed by atoms with E-state index in [1.54, 1.807) is 57.0 Å². The Morgan fingerprint density at radius 1 is 0.974 bits per heavy atom. The summed E-state index contributed by atoms with van der Waals surface area (Å²) in [6.07, 6.45) is -0.0493. The van der Waals surface area contributed by atoms with Gasteiger partial charge in [0.25, 0.3) is 5.91 Å². The smallest absolute Gasteiger partial charge is 0.408 e. The molecule has 208 valence electrons. The topological polar surface area (TPSA) is 97.0 Å². The van der Waals surface area contributed by atoms with Gasteiger partial charge in [-0.3, -0.25) is 9.59 Å². The van der Waals surface area contributed by atoms with Crippen LogP contribution in [0.15, 0.2) is 42.5 Å². The van der Waals surface area contributed by atoms with Gasteiger partial charge in [0, 0.05) is 12.2 Å². The number of alkyl carbamates (subject to hydrolysis) is 1. The maximum absolute atomic E-state index is 14.1. The molecule has 2 aromatic rings. The van der Waals surface area contributed by atoms with Crippen LogP contribution in [0.2, 0.25) is 0 Å². The molecule has 0 radical (unpaired) electrons. The van der Waals surface area contributed by atoms with E-state index in [9.17, 15) is 14.4 Å². The zero-order chi connectivity index (χ0) is 28.6. The fourth-order valence-electron chi connectivity index (χ4n) is 4.26. The van der Waals surface area contributed by atoms with Gasteiger partial charge >= 0.3 is 6.09 Å². The largest absolute Gasteiger partial charge is 0.497 e. The van der Waals surface area contributed by atoms with Gasteiger partial charge in [-0.2, -0.15) is 0 Å². The number of hydrogen-bond acceptors (Lipinski definition) is 5. The van der Waals surface area contributed by atoms with E-state index in [2.05, 4.69) is 10.6 Å². The summed E-state index contributed by atoms with van der Waals surface area (Å²) >= 11 is 0. The molecule has 2 unspecified atom stereocenters. The lowest BCUT2D eigenvalue weighted by atomic mass is 9.96. The second-order valence-electron chi connectivity index (χ2n) is 10.9. The minimum absolute atomic E-state index is 0.237. The molecule has 0 aliphatic carbocycles. The van der Waals surface area contributed by atoms with Crippen LogP contribution in [-0.4, -0.2) is 48.1 Å². The number of nitrogens with zero attached hydrogens (tertiary/aromatic N) is 1. The molecule has 2 aromatic carbocycles. The molecule has 0 bridgehead atoms. The highest BCUT2D eigenvalue weighted by molar-refractivity contribution is 5.99. The van der Waals surface area contributed by atoms with Crippen molar-refractivity contribution in [1.82, 2.24) is 10.2 Å². The van der Waals surface area contributed by atoms with Crippen LogP contribution in [0, 0.1) is 19.8 Å². The molecular weight excluding hydrogens is 482 g/mol. The second-order valence-corrected chi connectivity index (χ2v) is 10.9. The number of carbonyl (C=O) groups is 3. The first-order valence-corrected chi connectivity index (χ1v) is 13.1. The van der Waals surface area contributed by atoms with Crippen LogP contribution < -0.4 is 15.4 Å². The lowest BCUT2D eigenvalue weighted by Gasteiger charge is -2.35. The van der Waals surface area contributed by atoms with E-state index >= 15 is 0 Å². The molecule has 8 heteroatoms. The Bertz CT molecular complexity index is 1090. The van der Waals surface area contributed by atoms with Crippen molar-refractivity contribution in [2.24, 2.45) is 5.92 Å². The van der Waals surface area contributed by atoms with Crippen molar-refractivity contribution in [3.05, 3.63) is 59.2 Å². The SMILES string of the molecule is CCCN(C(=O)C(NC(=O)OC(C)(C)C)C(C)C)C(C(=O)Nc1ccc(OC)cc1)c1cc(C)cc(C)c1. The fourth-order valence-corrected chi connectivity index (χ4v) is 4.26. The van der Waals surface area contributed by atoms with E-state index in [0.29, 0.717) is 30.0 Å². The molecule has 2 rings (SSSR count). The quantitative estimate of drug-likeness (QED) is 0.410. The van der Waals surface area contributed by atoms with Gasteiger partial charge in [0.1, 0.15) is 23.4 Å². The number of benzene rings is 2. The van der Waals surface area contributed by atoms with Crippen molar-refractivity contribution < 1.29 is 23.9 Å². The molecule has 38 heavy (non-hydrogen) atoms. The predicted molar refractivity (Wildman–Crippen MR) is 150 cm³/mol. The van der Waals surface area contributed by atoms with Crippen LogP contribution in [0.1, 0.15) is 70.7 Å². The molecule has 8 nitrogen and oxygen atoms in total. The summed E-state index contributed by atoms with van der Waals surface area (Å²) in [4.78, 5) is 42.1. The van der Waals surface area contributed by atoms with Crippen molar-refractivity contribution in [2.75, 3.05) is 19.0 Å². The number of amides is 3. The minimum Gasteiger partial charge on any atom is -0.497 e. The molecule has 0 saturated carbocycles. The van der Waals surface area contributed by atoms with Gasteiger partial charge in [0.15, 0.2) is 0 Å². The molecule has 0 aliphatic heterocycles. The highest BCUT2D eigenvalue weighted by Gasteiger charge is 2.37. The Morgan fingerprint density at radius 2 is 1.55 bits per heavy atom. The number of aryl methyl sites for hydroxylation is 2. The van der Waals surface area contributed by atoms with Crippen LogP contribution >= 0.6 is 0 Å². The lowest BCUT2D eigenvalue weighted by molar-refractivity contribution is -0.141. The summed E-state index contributed by atoms with van der Waals surface area (Å²) < 4.78 is 10.6. The van der Waals surface area contributed by atoms with Crippen molar-refractivity contribution in [2.45, 2.75) is 79.5 Å². The van der Waals surface area contributed by atoms with Gasteiger partial charge in [-0.25, -0.2) is 4.79 Å². The third-order valence-corrected chi connectivity index (χ3v) is 5.83. The average Bonchev–Trinajstić information content (AvgIpc) is 2.80. The standard InChI is InChI=1S/C30H43N3O5/c1-10-15-33(28(35)25(19(2)3)32-29(36)38-30(6,7)8)26(22-17-20(4)16-21(5)18-22)27(34)31-23-11-13-24(37-9)14-12-23/h11-14,16-19,25-26H,10,15H2,1-9H3,(H,31,34)(H,32,36). The summed E-state index contributed by atoms with van der Waals surface area (Å²) in [5, 5.41) is 5.71. The van der Waals surface area contributed by atoms with Crippen LogP contribution in [0.25, 0.3) is 0 Å². The summed E-state index contributed by atoms with van der Waals surface area (Å²) in [5.41, 5.74) is 2.55. The van der Waals surface area contributed by atoms with E-state index in [1.807, 2.05) is 52.8 Å². The first-order chi connectivity index (χ1) is 17.7. The van der Waals surface area contributed by atoms with E-state index < -0.39 is 23.8 Å². The highest BCUT2D eigenvalue weighted by Crippen LogP contribution is 2.28. The monoisotopic (exact) mass is 525 g/mol. The van der Waals surface area contributed by atoms with Crippen LogP contribution in [-0.2, 0) is 14.3 Å². The van der Waals surface area contributed by atoms with Gasteiger partial charge < -0.3 is 25.0 Å². The first kappa shape index (κ1) is 30.7. The number of anilines is 1. The molecule has 0 aromatic heterocycles. The van der Waals surface area contributed by atoms with Crippen molar-refractivity contribution in [1.29, 1.82) is 0 Å². The zero-order valence-electron chi connectivity index (χ0n) is 24.2. The molecule has 0 fully saturated rings. The van der Waals surface area contributed by atoms with E-state index in [0.717, 1.165) is 11.1 Å². The van der Waals surface area contributed by atoms with Crippen LogP contribution in [0.5, 0.6) is 5.75 Å². The first-order valence-electron chi connectivity index (χ1n) is 13.1. The molecule has 0 aliphatic rings. The predicted octanol–water partition coefficient (Wildman–Crippen LogP) is 5.78. The van der Waals surface area contributed by atoms with Crippen molar-refractivity contribution in [3.8, 4) is 5.75 Å². The van der Waals surface area contributed by atoms with Crippen LogP contribution in [0.4, 0.5) is 10.5 Å². The number of carbonyl (C=O) groups excluding carboxylic acids is 3. The number of hydrogen-bond donors (Lipinski definition) is 2. The summed E-state index contributed by atoms with van der Waals surface area (Å²) in [6.45, 7) is 15.2. The molecule has 2 N–H and O–H groups in total. The lowest BCUT2D eigenvalue weighted by Crippen LogP contribution is -2.54. The Kier molecular flexibility index (Phi) is 10.7. The third-order valence-electron chi connectivity index (χ3n) is 5.83. The number of ether oxygens (including phenoxy) is 2. The fraction of sp³-hybridized carbons (Fsp3) is 0.500. The number of nitrogens with one attached hydrogen (secondary N) is 2.